The third-order valence-electron chi connectivity index (χ3n) is 4.39. The molecule has 0 radical (unpaired) electrons. The van der Waals surface area contributed by atoms with E-state index in [-0.39, 0.29) is 0 Å². The van der Waals surface area contributed by atoms with Crippen LogP contribution < -0.4 is 20.1 Å². The summed E-state index contributed by atoms with van der Waals surface area (Å²) in [6.45, 7) is 1.86. The van der Waals surface area contributed by atoms with Crippen molar-refractivity contribution in [1.29, 1.82) is 0 Å². The standard InChI is InChI=1S/C23H27N3O3/c1-24-23(25-13-12-20-9-6-14-28-20)26-16-19-10-11-21(22(15-19)27-2)29-17-18-7-4-3-5-8-18/h3-11,14-15H,12-13,16-17H2,1-2H3,(H2,24,25,26). The first-order valence-electron chi connectivity index (χ1n) is 9.59. The van der Waals surface area contributed by atoms with Gasteiger partial charge in [-0.2, -0.15) is 0 Å². The zero-order valence-corrected chi connectivity index (χ0v) is 16.9. The summed E-state index contributed by atoms with van der Waals surface area (Å²) in [7, 11) is 3.40. The quantitative estimate of drug-likeness (QED) is 0.428. The van der Waals surface area contributed by atoms with Crippen molar-refractivity contribution < 1.29 is 13.9 Å². The van der Waals surface area contributed by atoms with Crippen LogP contribution in [0.2, 0.25) is 0 Å². The minimum absolute atomic E-state index is 0.501. The summed E-state index contributed by atoms with van der Waals surface area (Å²) in [4.78, 5) is 4.25. The molecular weight excluding hydrogens is 366 g/mol. The van der Waals surface area contributed by atoms with Crippen LogP contribution in [0.5, 0.6) is 11.5 Å². The summed E-state index contributed by atoms with van der Waals surface area (Å²) in [5, 5.41) is 6.59. The maximum atomic E-state index is 5.91. The van der Waals surface area contributed by atoms with Crippen LogP contribution in [0.3, 0.4) is 0 Å². The van der Waals surface area contributed by atoms with Crippen molar-refractivity contribution in [3.05, 3.63) is 83.8 Å². The Morgan fingerprint density at radius 3 is 2.55 bits per heavy atom. The lowest BCUT2D eigenvalue weighted by atomic mass is 10.2. The van der Waals surface area contributed by atoms with Gasteiger partial charge in [-0.25, -0.2) is 0 Å². The second-order valence-corrected chi connectivity index (χ2v) is 6.44. The van der Waals surface area contributed by atoms with Crippen LogP contribution in [0.25, 0.3) is 0 Å². The molecule has 1 heterocycles. The molecule has 2 aromatic carbocycles. The van der Waals surface area contributed by atoms with Crippen LogP contribution in [-0.4, -0.2) is 26.7 Å². The van der Waals surface area contributed by atoms with Crippen LogP contribution in [-0.2, 0) is 19.6 Å². The predicted molar refractivity (Wildman–Crippen MR) is 114 cm³/mol. The summed E-state index contributed by atoms with van der Waals surface area (Å²) in [6.07, 6.45) is 2.48. The fourth-order valence-corrected chi connectivity index (χ4v) is 2.84. The van der Waals surface area contributed by atoms with Gasteiger partial charge in [-0.1, -0.05) is 36.4 Å². The highest BCUT2D eigenvalue weighted by Gasteiger charge is 2.07. The van der Waals surface area contributed by atoms with Gasteiger partial charge in [0.05, 0.1) is 13.4 Å². The molecule has 0 bridgehead atoms. The first kappa shape index (κ1) is 20.3. The Kier molecular flexibility index (Phi) is 7.57. The fraction of sp³-hybridized carbons (Fsp3) is 0.261. The number of methoxy groups -OCH3 is 1. The molecule has 0 fully saturated rings. The number of guanidine groups is 1. The second kappa shape index (κ2) is 10.8. The number of nitrogens with zero attached hydrogens (tertiary/aromatic N) is 1. The van der Waals surface area contributed by atoms with Crippen molar-refractivity contribution >= 4 is 5.96 Å². The number of hydrogen-bond acceptors (Lipinski definition) is 4. The van der Waals surface area contributed by atoms with Crippen molar-refractivity contribution in [3.8, 4) is 11.5 Å². The number of furan rings is 1. The molecule has 29 heavy (non-hydrogen) atoms. The van der Waals surface area contributed by atoms with E-state index in [1.165, 1.54) is 0 Å². The number of ether oxygens (including phenoxy) is 2. The predicted octanol–water partition coefficient (Wildman–Crippen LogP) is 3.77. The highest BCUT2D eigenvalue weighted by Crippen LogP contribution is 2.28. The lowest BCUT2D eigenvalue weighted by Crippen LogP contribution is -2.37. The van der Waals surface area contributed by atoms with Gasteiger partial charge in [0.1, 0.15) is 12.4 Å². The van der Waals surface area contributed by atoms with Gasteiger partial charge in [-0.05, 0) is 35.4 Å². The third kappa shape index (κ3) is 6.31. The lowest BCUT2D eigenvalue weighted by molar-refractivity contribution is 0.284. The van der Waals surface area contributed by atoms with E-state index in [4.69, 9.17) is 13.9 Å². The van der Waals surface area contributed by atoms with E-state index in [9.17, 15) is 0 Å². The fourth-order valence-electron chi connectivity index (χ4n) is 2.84. The first-order valence-corrected chi connectivity index (χ1v) is 9.59. The average molecular weight is 393 g/mol. The minimum atomic E-state index is 0.501. The number of aliphatic imine (C=N–C) groups is 1. The SMILES string of the molecule is CN=C(NCCc1ccco1)NCc1ccc(OCc2ccccc2)c(OC)c1. The van der Waals surface area contributed by atoms with Crippen molar-refractivity contribution in [1.82, 2.24) is 10.6 Å². The first-order chi connectivity index (χ1) is 14.3. The van der Waals surface area contributed by atoms with Crippen LogP contribution in [0.15, 0.2) is 76.3 Å². The van der Waals surface area contributed by atoms with Gasteiger partial charge in [-0.15, -0.1) is 0 Å². The Bertz CT molecular complexity index is 893. The van der Waals surface area contributed by atoms with Gasteiger partial charge in [0, 0.05) is 26.6 Å². The van der Waals surface area contributed by atoms with Crippen LogP contribution in [0.1, 0.15) is 16.9 Å². The lowest BCUT2D eigenvalue weighted by Gasteiger charge is -2.14. The van der Waals surface area contributed by atoms with Crippen molar-refractivity contribution in [2.75, 3.05) is 20.7 Å². The Morgan fingerprint density at radius 2 is 1.83 bits per heavy atom. The number of benzene rings is 2. The zero-order chi connectivity index (χ0) is 20.3. The zero-order valence-electron chi connectivity index (χ0n) is 16.9. The summed E-state index contributed by atoms with van der Waals surface area (Å²) in [5.74, 6) is 3.12. The highest BCUT2D eigenvalue weighted by atomic mass is 16.5. The molecule has 0 amide bonds. The van der Waals surface area contributed by atoms with E-state index in [2.05, 4.69) is 15.6 Å². The number of nitrogens with one attached hydrogen (secondary N) is 2. The van der Waals surface area contributed by atoms with Crippen LogP contribution >= 0.6 is 0 Å². The number of rotatable bonds is 9. The highest BCUT2D eigenvalue weighted by molar-refractivity contribution is 5.79. The van der Waals surface area contributed by atoms with E-state index in [1.54, 1.807) is 20.4 Å². The Labute approximate surface area is 171 Å². The van der Waals surface area contributed by atoms with E-state index < -0.39 is 0 Å². The number of hydrogen-bond donors (Lipinski definition) is 2. The molecule has 6 heteroatoms. The van der Waals surface area contributed by atoms with Crippen molar-refractivity contribution in [3.63, 3.8) is 0 Å². The molecule has 0 aliphatic rings. The molecule has 152 valence electrons. The van der Waals surface area contributed by atoms with Gasteiger partial charge >= 0.3 is 0 Å². The molecule has 2 N–H and O–H groups in total. The monoisotopic (exact) mass is 393 g/mol. The molecule has 3 aromatic rings. The molecule has 0 aliphatic carbocycles. The summed E-state index contributed by atoms with van der Waals surface area (Å²) in [6, 6.07) is 19.9. The van der Waals surface area contributed by atoms with Gasteiger partial charge in [0.25, 0.3) is 0 Å². The topological polar surface area (TPSA) is 68.0 Å². The molecule has 1 aromatic heterocycles. The van der Waals surface area contributed by atoms with Crippen LogP contribution in [0.4, 0.5) is 0 Å². The van der Waals surface area contributed by atoms with Crippen molar-refractivity contribution in [2.24, 2.45) is 4.99 Å². The molecule has 0 aliphatic heterocycles. The van der Waals surface area contributed by atoms with Crippen LogP contribution in [0, 0.1) is 0 Å². The van der Waals surface area contributed by atoms with E-state index in [1.807, 2.05) is 60.7 Å². The maximum absolute atomic E-state index is 5.91. The molecule has 0 saturated heterocycles. The summed E-state index contributed by atoms with van der Waals surface area (Å²) < 4.78 is 16.8. The third-order valence-corrected chi connectivity index (χ3v) is 4.39. The second-order valence-electron chi connectivity index (χ2n) is 6.44. The van der Waals surface area contributed by atoms with Gasteiger partial charge in [0.15, 0.2) is 17.5 Å². The molecule has 0 spiro atoms. The smallest absolute Gasteiger partial charge is 0.191 e. The van der Waals surface area contributed by atoms with E-state index in [0.717, 1.165) is 41.6 Å². The summed E-state index contributed by atoms with van der Waals surface area (Å²) >= 11 is 0. The molecule has 0 saturated carbocycles. The largest absolute Gasteiger partial charge is 0.493 e. The van der Waals surface area contributed by atoms with Crippen molar-refractivity contribution in [2.45, 2.75) is 19.6 Å². The Hall–Kier alpha value is -3.41. The minimum Gasteiger partial charge on any atom is -0.493 e. The molecule has 3 rings (SSSR count). The van der Waals surface area contributed by atoms with E-state index in [0.29, 0.717) is 18.9 Å². The van der Waals surface area contributed by atoms with Gasteiger partial charge in [-0.3, -0.25) is 4.99 Å². The Balaban J connectivity index is 1.50. The van der Waals surface area contributed by atoms with Gasteiger partial charge < -0.3 is 24.5 Å². The normalized spacial score (nSPS) is 11.2. The Morgan fingerprint density at radius 1 is 0.966 bits per heavy atom. The van der Waals surface area contributed by atoms with E-state index >= 15 is 0 Å². The maximum Gasteiger partial charge on any atom is 0.191 e. The molecular formula is C23H27N3O3. The molecule has 0 unspecified atom stereocenters. The van der Waals surface area contributed by atoms with Gasteiger partial charge in [0.2, 0.25) is 0 Å². The molecule has 0 atom stereocenters. The summed E-state index contributed by atoms with van der Waals surface area (Å²) in [5.41, 5.74) is 2.19. The average Bonchev–Trinajstić information content (AvgIpc) is 3.29. The molecule has 6 nitrogen and oxygen atoms in total.